The molecule has 4 nitrogen and oxygen atoms in total. The van der Waals surface area contributed by atoms with Crippen molar-refractivity contribution in [1.29, 1.82) is 0 Å². The number of benzene rings is 1. The summed E-state index contributed by atoms with van der Waals surface area (Å²) in [6.45, 7) is 7.25. The maximum atomic E-state index is 12.2. The summed E-state index contributed by atoms with van der Waals surface area (Å²) in [7, 11) is 1.74. The highest BCUT2D eigenvalue weighted by atomic mass is 16.2. The monoisotopic (exact) mass is 246 g/mol. The Hall–Kier alpha value is -2.10. The molecule has 0 bridgehead atoms. The fourth-order valence-electron chi connectivity index (χ4n) is 1.39. The van der Waals surface area contributed by atoms with Crippen LogP contribution in [0.2, 0.25) is 0 Å². The van der Waals surface area contributed by atoms with Gasteiger partial charge in [-0.15, -0.1) is 0 Å². The molecular formula is C14H18N2O2. The minimum atomic E-state index is -0.331. The average Bonchev–Trinajstić information content (AvgIpc) is 2.37. The van der Waals surface area contributed by atoms with Gasteiger partial charge in [-0.25, -0.2) is 0 Å². The van der Waals surface area contributed by atoms with Gasteiger partial charge in [-0.2, -0.15) is 0 Å². The number of nitrogens with one attached hydrogen (secondary N) is 1. The van der Waals surface area contributed by atoms with E-state index in [1.54, 1.807) is 36.2 Å². The molecule has 0 spiro atoms. The average molecular weight is 246 g/mol. The van der Waals surface area contributed by atoms with Crippen molar-refractivity contribution in [2.24, 2.45) is 0 Å². The van der Waals surface area contributed by atoms with Crippen molar-refractivity contribution in [2.45, 2.75) is 19.9 Å². The second kappa shape index (κ2) is 6.00. The summed E-state index contributed by atoms with van der Waals surface area (Å²) in [6, 6.07) is 7.03. The van der Waals surface area contributed by atoms with Crippen LogP contribution in [0.5, 0.6) is 0 Å². The molecule has 1 aromatic carbocycles. The van der Waals surface area contributed by atoms with Gasteiger partial charge < -0.3 is 10.2 Å². The molecule has 0 aromatic heterocycles. The first-order valence-corrected chi connectivity index (χ1v) is 5.77. The van der Waals surface area contributed by atoms with Crippen molar-refractivity contribution in [3.8, 4) is 0 Å². The normalized spacial score (nSPS) is 10.0. The van der Waals surface area contributed by atoms with Crippen LogP contribution in [0.25, 0.3) is 0 Å². The first kappa shape index (κ1) is 14.0. The summed E-state index contributed by atoms with van der Waals surface area (Å²) in [6.07, 6.45) is 1.17. The summed E-state index contributed by atoms with van der Waals surface area (Å²) in [5.74, 6) is -0.451. The number of carbonyl (C=O) groups excluding carboxylic acids is 2. The second-order valence-electron chi connectivity index (χ2n) is 4.25. The minimum absolute atomic E-state index is 0.0978. The minimum Gasteiger partial charge on any atom is -0.339 e. The van der Waals surface area contributed by atoms with Crippen molar-refractivity contribution in [2.75, 3.05) is 12.4 Å². The van der Waals surface area contributed by atoms with Crippen LogP contribution in [0.1, 0.15) is 24.2 Å². The summed E-state index contributed by atoms with van der Waals surface area (Å²) in [5, 5.41) is 2.63. The number of para-hydroxylation sites is 1. The molecule has 1 N–H and O–H groups in total. The molecule has 0 saturated carbocycles. The number of amides is 2. The van der Waals surface area contributed by atoms with Gasteiger partial charge in [0.25, 0.3) is 5.91 Å². The molecule has 0 aliphatic rings. The van der Waals surface area contributed by atoms with E-state index < -0.39 is 0 Å². The molecule has 1 aromatic rings. The Morgan fingerprint density at radius 2 is 1.94 bits per heavy atom. The summed E-state index contributed by atoms with van der Waals surface area (Å²) in [5.41, 5.74) is 0.976. The lowest BCUT2D eigenvalue weighted by atomic mass is 10.1. The van der Waals surface area contributed by atoms with E-state index in [0.717, 1.165) is 0 Å². The predicted molar refractivity (Wildman–Crippen MR) is 72.5 cm³/mol. The Morgan fingerprint density at radius 1 is 1.33 bits per heavy atom. The molecule has 4 heteroatoms. The molecule has 18 heavy (non-hydrogen) atoms. The summed E-state index contributed by atoms with van der Waals surface area (Å²) in [4.78, 5) is 25.2. The van der Waals surface area contributed by atoms with E-state index in [1.165, 1.54) is 6.08 Å². The van der Waals surface area contributed by atoms with Crippen LogP contribution in [-0.4, -0.2) is 29.8 Å². The first-order chi connectivity index (χ1) is 8.47. The van der Waals surface area contributed by atoms with E-state index in [2.05, 4.69) is 11.9 Å². The van der Waals surface area contributed by atoms with Crippen LogP contribution < -0.4 is 5.32 Å². The lowest BCUT2D eigenvalue weighted by Crippen LogP contribution is -2.33. The number of nitrogens with zero attached hydrogens (tertiary/aromatic N) is 1. The SMILES string of the molecule is C=CC(=O)Nc1ccccc1C(=O)N(C)C(C)C. The van der Waals surface area contributed by atoms with E-state index in [1.807, 2.05) is 13.8 Å². The smallest absolute Gasteiger partial charge is 0.255 e. The Labute approximate surface area is 107 Å². The standard InChI is InChI=1S/C14H18N2O2/c1-5-13(17)15-12-9-7-6-8-11(12)14(18)16(4)10(2)3/h5-10H,1H2,2-4H3,(H,15,17). The van der Waals surface area contributed by atoms with Gasteiger partial charge in [0.05, 0.1) is 11.3 Å². The topological polar surface area (TPSA) is 49.4 Å². The molecule has 0 aliphatic heterocycles. The highest BCUT2D eigenvalue weighted by Gasteiger charge is 2.17. The quantitative estimate of drug-likeness (QED) is 0.829. The Kier molecular flexibility index (Phi) is 4.66. The lowest BCUT2D eigenvalue weighted by molar-refractivity contribution is -0.111. The number of hydrogen-bond acceptors (Lipinski definition) is 2. The Morgan fingerprint density at radius 3 is 2.50 bits per heavy atom. The third kappa shape index (κ3) is 3.20. The van der Waals surface area contributed by atoms with Crippen LogP contribution in [0.3, 0.4) is 0 Å². The largest absolute Gasteiger partial charge is 0.339 e. The molecular weight excluding hydrogens is 228 g/mol. The molecule has 0 unspecified atom stereocenters. The van der Waals surface area contributed by atoms with Crippen LogP contribution in [-0.2, 0) is 4.79 Å². The first-order valence-electron chi connectivity index (χ1n) is 5.77. The van der Waals surface area contributed by atoms with E-state index in [-0.39, 0.29) is 17.9 Å². The van der Waals surface area contributed by atoms with Crippen molar-refractivity contribution >= 4 is 17.5 Å². The Bertz CT molecular complexity index is 467. The van der Waals surface area contributed by atoms with Crippen molar-refractivity contribution < 1.29 is 9.59 Å². The number of hydrogen-bond donors (Lipinski definition) is 1. The van der Waals surface area contributed by atoms with Crippen LogP contribution in [0.15, 0.2) is 36.9 Å². The maximum absolute atomic E-state index is 12.2. The summed E-state index contributed by atoms with van der Waals surface area (Å²) < 4.78 is 0. The zero-order valence-electron chi connectivity index (χ0n) is 10.9. The molecule has 0 fully saturated rings. The Balaban J connectivity index is 3.05. The molecule has 0 atom stereocenters. The zero-order chi connectivity index (χ0) is 13.7. The van der Waals surface area contributed by atoms with Gasteiger partial charge in [0.15, 0.2) is 0 Å². The maximum Gasteiger partial charge on any atom is 0.255 e. The van der Waals surface area contributed by atoms with Crippen LogP contribution >= 0.6 is 0 Å². The van der Waals surface area contributed by atoms with Gasteiger partial charge in [0, 0.05) is 13.1 Å². The molecule has 96 valence electrons. The number of rotatable bonds is 4. The predicted octanol–water partition coefficient (Wildman–Crippen LogP) is 2.29. The fourth-order valence-corrected chi connectivity index (χ4v) is 1.39. The van der Waals surface area contributed by atoms with E-state index >= 15 is 0 Å². The van der Waals surface area contributed by atoms with Crippen LogP contribution in [0, 0.1) is 0 Å². The third-order valence-electron chi connectivity index (χ3n) is 2.70. The second-order valence-corrected chi connectivity index (χ2v) is 4.25. The molecule has 0 saturated heterocycles. The van der Waals surface area contributed by atoms with Gasteiger partial charge in [0.1, 0.15) is 0 Å². The van der Waals surface area contributed by atoms with E-state index in [4.69, 9.17) is 0 Å². The van der Waals surface area contributed by atoms with Crippen molar-refractivity contribution in [3.63, 3.8) is 0 Å². The van der Waals surface area contributed by atoms with Crippen LogP contribution in [0.4, 0.5) is 5.69 Å². The molecule has 0 radical (unpaired) electrons. The van der Waals surface area contributed by atoms with Gasteiger partial charge in [0.2, 0.25) is 5.91 Å². The molecule has 0 aliphatic carbocycles. The van der Waals surface area contributed by atoms with Gasteiger partial charge in [-0.05, 0) is 32.1 Å². The number of anilines is 1. The lowest BCUT2D eigenvalue weighted by Gasteiger charge is -2.22. The highest BCUT2D eigenvalue weighted by Crippen LogP contribution is 2.17. The molecule has 1 rings (SSSR count). The summed E-state index contributed by atoms with van der Waals surface area (Å²) >= 11 is 0. The van der Waals surface area contributed by atoms with Gasteiger partial charge in [-0.1, -0.05) is 18.7 Å². The fraction of sp³-hybridized carbons (Fsp3) is 0.286. The third-order valence-corrected chi connectivity index (χ3v) is 2.70. The number of carbonyl (C=O) groups is 2. The molecule has 2 amide bonds. The van der Waals surface area contributed by atoms with Gasteiger partial charge in [-0.3, -0.25) is 9.59 Å². The van der Waals surface area contributed by atoms with Gasteiger partial charge >= 0.3 is 0 Å². The van der Waals surface area contributed by atoms with E-state index in [0.29, 0.717) is 11.3 Å². The molecule has 0 heterocycles. The van der Waals surface area contributed by atoms with Crippen molar-refractivity contribution in [1.82, 2.24) is 4.90 Å². The van der Waals surface area contributed by atoms with E-state index in [9.17, 15) is 9.59 Å². The zero-order valence-corrected chi connectivity index (χ0v) is 10.9. The highest BCUT2D eigenvalue weighted by molar-refractivity contribution is 6.06. The van der Waals surface area contributed by atoms with Crippen molar-refractivity contribution in [3.05, 3.63) is 42.5 Å².